The number of nitrogen functional groups attached to an aromatic ring is 1. The van der Waals surface area contributed by atoms with Gasteiger partial charge >= 0.3 is 0 Å². The van der Waals surface area contributed by atoms with E-state index in [2.05, 4.69) is 4.98 Å². The summed E-state index contributed by atoms with van der Waals surface area (Å²) in [7, 11) is 0. The highest BCUT2D eigenvalue weighted by Gasteiger charge is 2.09. The monoisotopic (exact) mass is 304 g/mol. The van der Waals surface area contributed by atoms with Gasteiger partial charge < -0.3 is 10.5 Å². The molecule has 0 amide bonds. The second-order valence-corrected chi connectivity index (χ2v) is 6.27. The van der Waals surface area contributed by atoms with Crippen LogP contribution in [0.4, 0.5) is 5.69 Å². The minimum Gasteiger partial charge on any atom is -0.455 e. The molecule has 3 rings (SSSR count). The first kappa shape index (κ1) is 13.2. The van der Waals surface area contributed by atoms with Gasteiger partial charge in [0.25, 0.3) is 0 Å². The van der Waals surface area contributed by atoms with Crippen LogP contribution in [0.2, 0.25) is 5.02 Å². The third-order valence-electron chi connectivity index (χ3n) is 2.98. The molecule has 20 heavy (non-hydrogen) atoms. The number of hydrogen-bond acceptors (Lipinski definition) is 4. The van der Waals surface area contributed by atoms with Crippen LogP contribution in [0.25, 0.3) is 10.2 Å². The summed E-state index contributed by atoms with van der Waals surface area (Å²) < 4.78 is 6.96. The highest BCUT2D eigenvalue weighted by Crippen LogP contribution is 2.35. The van der Waals surface area contributed by atoms with E-state index in [1.807, 2.05) is 38.1 Å². The molecule has 0 aliphatic rings. The van der Waals surface area contributed by atoms with E-state index in [1.54, 1.807) is 17.4 Å². The maximum absolute atomic E-state index is 6.05. The molecular weight excluding hydrogens is 292 g/mol. The summed E-state index contributed by atoms with van der Waals surface area (Å²) >= 11 is 7.57. The number of anilines is 1. The molecule has 1 aromatic heterocycles. The van der Waals surface area contributed by atoms with Crippen LogP contribution in [0.15, 0.2) is 30.3 Å². The van der Waals surface area contributed by atoms with Gasteiger partial charge in [0.1, 0.15) is 5.75 Å². The average Bonchev–Trinajstić information content (AvgIpc) is 2.72. The Bertz CT molecular complexity index is 798. The number of fused-ring (bicyclic) bond motifs is 1. The molecule has 0 atom stereocenters. The van der Waals surface area contributed by atoms with Crippen molar-refractivity contribution < 1.29 is 4.74 Å². The predicted octanol–water partition coefficient (Wildman–Crippen LogP) is 4.94. The third-order valence-corrected chi connectivity index (χ3v) is 4.15. The number of hydrogen-bond donors (Lipinski definition) is 1. The van der Waals surface area contributed by atoms with E-state index in [-0.39, 0.29) is 0 Å². The van der Waals surface area contributed by atoms with Crippen LogP contribution in [-0.2, 0) is 0 Å². The molecule has 0 fully saturated rings. The van der Waals surface area contributed by atoms with E-state index < -0.39 is 0 Å². The number of halogens is 1. The molecule has 2 N–H and O–H groups in total. The molecular formula is C15H13ClN2OS. The molecule has 0 bridgehead atoms. The maximum atomic E-state index is 6.05. The lowest BCUT2D eigenvalue weighted by molar-refractivity contribution is 0.482. The van der Waals surface area contributed by atoms with Crippen molar-refractivity contribution in [2.24, 2.45) is 0 Å². The van der Waals surface area contributed by atoms with Crippen molar-refractivity contribution in [2.45, 2.75) is 13.8 Å². The number of thiazole rings is 1. The van der Waals surface area contributed by atoms with Crippen LogP contribution in [0.5, 0.6) is 11.5 Å². The molecule has 0 saturated carbocycles. The van der Waals surface area contributed by atoms with Crippen molar-refractivity contribution in [3.8, 4) is 11.5 Å². The van der Waals surface area contributed by atoms with Crippen LogP contribution >= 0.6 is 22.9 Å². The number of nitrogens with zero attached hydrogens (tertiary/aromatic N) is 1. The Morgan fingerprint density at radius 2 is 1.95 bits per heavy atom. The van der Waals surface area contributed by atoms with Crippen molar-refractivity contribution in [1.29, 1.82) is 0 Å². The molecule has 0 unspecified atom stereocenters. The number of aromatic nitrogens is 1. The third kappa shape index (κ3) is 2.44. The molecule has 0 spiro atoms. The summed E-state index contributed by atoms with van der Waals surface area (Å²) in [5.74, 6) is 1.36. The van der Waals surface area contributed by atoms with Gasteiger partial charge in [-0.3, -0.25) is 0 Å². The second kappa shape index (κ2) is 4.96. The van der Waals surface area contributed by atoms with Crippen LogP contribution in [0.1, 0.15) is 10.6 Å². The molecule has 2 aromatic carbocycles. The van der Waals surface area contributed by atoms with Gasteiger partial charge in [-0.15, -0.1) is 11.3 Å². The zero-order chi connectivity index (χ0) is 14.3. The fraction of sp³-hybridized carbons (Fsp3) is 0.133. The smallest absolute Gasteiger partial charge is 0.152 e. The van der Waals surface area contributed by atoms with Gasteiger partial charge in [-0.2, -0.15) is 0 Å². The second-order valence-electron chi connectivity index (χ2n) is 4.60. The lowest BCUT2D eigenvalue weighted by atomic mass is 10.2. The largest absolute Gasteiger partial charge is 0.455 e. The highest BCUT2D eigenvalue weighted by atomic mass is 35.5. The van der Waals surface area contributed by atoms with Gasteiger partial charge in [0.2, 0.25) is 0 Å². The zero-order valence-electron chi connectivity index (χ0n) is 11.1. The number of ether oxygens (including phenoxy) is 1. The highest BCUT2D eigenvalue weighted by molar-refractivity contribution is 7.18. The molecule has 3 aromatic rings. The summed E-state index contributed by atoms with van der Waals surface area (Å²) in [6, 6.07) is 9.28. The van der Waals surface area contributed by atoms with E-state index in [4.69, 9.17) is 22.1 Å². The number of nitrogens with two attached hydrogens (primary N) is 1. The van der Waals surface area contributed by atoms with Gasteiger partial charge in [-0.1, -0.05) is 11.6 Å². The topological polar surface area (TPSA) is 48.1 Å². The lowest BCUT2D eigenvalue weighted by Gasteiger charge is -2.11. The Morgan fingerprint density at radius 3 is 2.70 bits per heavy atom. The SMILES string of the molecule is Cc1nc2cc(Oc3ccc(Cl)cc3C)c(N)cc2s1. The first-order chi connectivity index (χ1) is 9.52. The average molecular weight is 305 g/mol. The van der Waals surface area contributed by atoms with Crippen LogP contribution in [-0.4, -0.2) is 4.98 Å². The Hall–Kier alpha value is -1.78. The standard InChI is InChI=1S/C15H13ClN2OS/c1-8-5-10(16)3-4-13(8)19-14-7-12-15(6-11(14)17)20-9(2)18-12/h3-7H,17H2,1-2H3. The molecule has 0 radical (unpaired) electrons. The van der Waals surface area contributed by atoms with Crippen molar-refractivity contribution in [2.75, 3.05) is 5.73 Å². The lowest BCUT2D eigenvalue weighted by Crippen LogP contribution is -1.93. The molecule has 0 saturated heterocycles. The van der Waals surface area contributed by atoms with Crippen LogP contribution in [0.3, 0.4) is 0 Å². The van der Waals surface area contributed by atoms with Crippen molar-refractivity contribution in [1.82, 2.24) is 4.98 Å². The van der Waals surface area contributed by atoms with Crippen molar-refractivity contribution in [3.05, 3.63) is 45.9 Å². The zero-order valence-corrected chi connectivity index (χ0v) is 12.7. The van der Waals surface area contributed by atoms with E-state index in [0.29, 0.717) is 16.5 Å². The Balaban J connectivity index is 2.03. The van der Waals surface area contributed by atoms with E-state index in [0.717, 1.165) is 26.5 Å². The van der Waals surface area contributed by atoms with E-state index in [1.165, 1.54) is 0 Å². The Kier molecular flexibility index (Phi) is 3.28. The number of benzene rings is 2. The van der Waals surface area contributed by atoms with E-state index >= 15 is 0 Å². The summed E-state index contributed by atoms with van der Waals surface area (Å²) in [6.07, 6.45) is 0. The Labute approximate surface area is 126 Å². The number of rotatable bonds is 2. The molecule has 3 nitrogen and oxygen atoms in total. The van der Waals surface area contributed by atoms with Gasteiger partial charge in [-0.25, -0.2) is 4.98 Å². The van der Waals surface area contributed by atoms with E-state index in [9.17, 15) is 0 Å². The summed E-state index contributed by atoms with van der Waals surface area (Å²) in [5, 5.41) is 1.70. The normalized spacial score (nSPS) is 10.9. The van der Waals surface area contributed by atoms with Crippen molar-refractivity contribution >= 4 is 38.8 Å². The van der Waals surface area contributed by atoms with Gasteiger partial charge in [0.05, 0.1) is 20.9 Å². The minimum absolute atomic E-state index is 0.607. The molecule has 1 heterocycles. The predicted molar refractivity (Wildman–Crippen MR) is 85.0 cm³/mol. The maximum Gasteiger partial charge on any atom is 0.152 e. The fourth-order valence-electron chi connectivity index (χ4n) is 2.02. The molecule has 5 heteroatoms. The van der Waals surface area contributed by atoms with Gasteiger partial charge in [0.15, 0.2) is 5.75 Å². The first-order valence-corrected chi connectivity index (χ1v) is 7.33. The van der Waals surface area contributed by atoms with Gasteiger partial charge in [0, 0.05) is 11.1 Å². The number of aryl methyl sites for hydroxylation is 2. The molecule has 102 valence electrons. The van der Waals surface area contributed by atoms with Gasteiger partial charge in [-0.05, 0) is 43.7 Å². The summed E-state index contributed by atoms with van der Waals surface area (Å²) in [6.45, 7) is 3.92. The minimum atomic E-state index is 0.607. The van der Waals surface area contributed by atoms with Crippen LogP contribution in [0, 0.1) is 13.8 Å². The Morgan fingerprint density at radius 1 is 1.15 bits per heavy atom. The summed E-state index contributed by atoms with van der Waals surface area (Å²) in [5.41, 5.74) is 8.53. The molecule has 0 aliphatic carbocycles. The summed E-state index contributed by atoms with van der Waals surface area (Å²) in [4.78, 5) is 4.45. The first-order valence-electron chi connectivity index (χ1n) is 6.13. The fourth-order valence-corrected chi connectivity index (χ4v) is 3.10. The van der Waals surface area contributed by atoms with Crippen molar-refractivity contribution in [3.63, 3.8) is 0 Å². The quantitative estimate of drug-likeness (QED) is 0.682. The van der Waals surface area contributed by atoms with Crippen LogP contribution < -0.4 is 10.5 Å². The molecule has 0 aliphatic heterocycles.